The highest BCUT2D eigenvalue weighted by atomic mass is 16.3. The number of hydrogen-bond acceptors (Lipinski definition) is 4. The predicted octanol–water partition coefficient (Wildman–Crippen LogP) is 3.19. The molecule has 26 heavy (non-hydrogen) atoms. The first-order valence-corrected chi connectivity index (χ1v) is 8.46. The Kier molecular flexibility index (Phi) is 5.14. The molecule has 0 bridgehead atoms. The predicted molar refractivity (Wildman–Crippen MR) is 100 cm³/mol. The molecular formula is C20H22N4O2. The van der Waals surface area contributed by atoms with Gasteiger partial charge in [0.25, 0.3) is 5.91 Å². The van der Waals surface area contributed by atoms with Crippen molar-refractivity contribution in [3.05, 3.63) is 76.6 Å². The smallest absolute Gasteiger partial charge is 0.277 e. The van der Waals surface area contributed by atoms with E-state index in [2.05, 4.69) is 15.6 Å². The molecule has 0 radical (unpaired) electrons. The molecule has 0 aliphatic rings. The number of aromatic nitrogens is 3. The van der Waals surface area contributed by atoms with Crippen LogP contribution in [0, 0.1) is 20.8 Å². The van der Waals surface area contributed by atoms with Gasteiger partial charge in [0, 0.05) is 5.69 Å². The molecule has 1 aromatic heterocycles. The second-order valence-corrected chi connectivity index (χ2v) is 6.51. The molecule has 1 atom stereocenters. The van der Waals surface area contributed by atoms with Crippen LogP contribution in [0.3, 0.4) is 0 Å². The Morgan fingerprint density at radius 2 is 1.85 bits per heavy atom. The van der Waals surface area contributed by atoms with Crippen molar-refractivity contribution in [3.63, 3.8) is 0 Å². The second kappa shape index (κ2) is 7.49. The van der Waals surface area contributed by atoms with Crippen LogP contribution in [0.15, 0.2) is 48.7 Å². The number of nitrogens with one attached hydrogen (secondary N) is 1. The molecule has 0 saturated carbocycles. The van der Waals surface area contributed by atoms with E-state index < -0.39 is 6.10 Å². The van der Waals surface area contributed by atoms with Crippen molar-refractivity contribution in [2.75, 3.05) is 5.32 Å². The molecule has 1 heterocycles. The van der Waals surface area contributed by atoms with Crippen LogP contribution >= 0.6 is 0 Å². The summed E-state index contributed by atoms with van der Waals surface area (Å²) in [5.74, 6) is -0.329. The van der Waals surface area contributed by atoms with E-state index in [1.165, 1.54) is 16.4 Å². The van der Waals surface area contributed by atoms with Gasteiger partial charge >= 0.3 is 0 Å². The Labute approximate surface area is 152 Å². The van der Waals surface area contributed by atoms with Crippen molar-refractivity contribution in [1.29, 1.82) is 0 Å². The molecule has 0 aliphatic carbocycles. The maximum atomic E-state index is 12.3. The van der Waals surface area contributed by atoms with Gasteiger partial charge in [0.1, 0.15) is 0 Å². The molecule has 0 unspecified atom stereocenters. The lowest BCUT2D eigenvalue weighted by molar-refractivity contribution is 0.102. The molecule has 0 fully saturated rings. The van der Waals surface area contributed by atoms with E-state index >= 15 is 0 Å². The molecule has 0 spiro atoms. The summed E-state index contributed by atoms with van der Waals surface area (Å²) in [5, 5.41) is 21.0. The van der Waals surface area contributed by atoms with Crippen LogP contribution in [0.25, 0.3) is 0 Å². The highest BCUT2D eigenvalue weighted by Crippen LogP contribution is 2.17. The number of carbonyl (C=O) groups is 1. The summed E-state index contributed by atoms with van der Waals surface area (Å²) in [5.41, 5.74) is 5.12. The van der Waals surface area contributed by atoms with Gasteiger partial charge in [0.15, 0.2) is 5.69 Å². The molecule has 3 aromatic rings. The highest BCUT2D eigenvalue weighted by Gasteiger charge is 2.14. The minimum absolute atomic E-state index is 0.208. The lowest BCUT2D eigenvalue weighted by atomic mass is 10.1. The summed E-state index contributed by atoms with van der Waals surface area (Å²) in [7, 11) is 0. The zero-order valence-corrected chi connectivity index (χ0v) is 15.1. The van der Waals surface area contributed by atoms with Crippen LogP contribution in [0.4, 0.5) is 5.69 Å². The van der Waals surface area contributed by atoms with Crippen LogP contribution < -0.4 is 5.32 Å². The first-order valence-electron chi connectivity index (χ1n) is 8.46. The zero-order valence-electron chi connectivity index (χ0n) is 15.1. The summed E-state index contributed by atoms with van der Waals surface area (Å²) < 4.78 is 1.47. The fourth-order valence-electron chi connectivity index (χ4n) is 2.58. The quantitative estimate of drug-likeness (QED) is 0.740. The average Bonchev–Trinajstić information content (AvgIpc) is 3.07. The summed E-state index contributed by atoms with van der Waals surface area (Å²) in [6.45, 7) is 6.24. The molecule has 2 aromatic carbocycles. The molecule has 134 valence electrons. The van der Waals surface area contributed by atoms with Gasteiger partial charge in [-0.3, -0.25) is 4.79 Å². The lowest BCUT2D eigenvalue weighted by Gasteiger charge is -2.10. The van der Waals surface area contributed by atoms with E-state index in [-0.39, 0.29) is 18.1 Å². The standard InChI is InChI=1S/C20H22N4O2/c1-13-4-7-16(8-5-13)19(25)12-24-11-18(22-23-24)20(26)21-17-9-6-14(2)15(3)10-17/h4-11,19,25H,12H2,1-3H3,(H,21,26)/t19-/m1/s1. The van der Waals surface area contributed by atoms with Gasteiger partial charge in [0.2, 0.25) is 0 Å². The molecule has 0 aliphatic heterocycles. The number of hydrogen-bond donors (Lipinski definition) is 2. The minimum Gasteiger partial charge on any atom is -0.386 e. The summed E-state index contributed by atoms with van der Waals surface area (Å²) in [4.78, 5) is 12.3. The number of rotatable bonds is 5. The van der Waals surface area contributed by atoms with Crippen molar-refractivity contribution in [2.45, 2.75) is 33.4 Å². The highest BCUT2D eigenvalue weighted by molar-refractivity contribution is 6.02. The van der Waals surface area contributed by atoms with Gasteiger partial charge < -0.3 is 10.4 Å². The van der Waals surface area contributed by atoms with E-state index in [9.17, 15) is 9.90 Å². The second-order valence-electron chi connectivity index (χ2n) is 6.51. The molecule has 2 N–H and O–H groups in total. The monoisotopic (exact) mass is 350 g/mol. The Morgan fingerprint density at radius 1 is 1.12 bits per heavy atom. The molecule has 6 heteroatoms. The van der Waals surface area contributed by atoms with Crippen LogP contribution in [0.2, 0.25) is 0 Å². The van der Waals surface area contributed by atoms with Crippen LogP contribution in [-0.2, 0) is 6.54 Å². The largest absolute Gasteiger partial charge is 0.386 e. The van der Waals surface area contributed by atoms with E-state index in [0.29, 0.717) is 5.69 Å². The molecule has 0 saturated heterocycles. The summed E-state index contributed by atoms with van der Waals surface area (Å²) >= 11 is 0. The summed E-state index contributed by atoms with van der Waals surface area (Å²) in [6, 6.07) is 13.4. The minimum atomic E-state index is -0.715. The van der Waals surface area contributed by atoms with E-state index in [4.69, 9.17) is 0 Å². The Morgan fingerprint density at radius 3 is 2.54 bits per heavy atom. The SMILES string of the molecule is Cc1ccc([C@H](O)Cn2cc(C(=O)Nc3ccc(C)c(C)c3)nn2)cc1. The van der Waals surface area contributed by atoms with Gasteiger partial charge in [-0.15, -0.1) is 5.10 Å². The maximum Gasteiger partial charge on any atom is 0.277 e. The van der Waals surface area contributed by atoms with Gasteiger partial charge in [-0.05, 0) is 49.6 Å². The normalized spacial score (nSPS) is 12.0. The van der Waals surface area contributed by atoms with Crippen molar-refractivity contribution in [3.8, 4) is 0 Å². The fraction of sp³-hybridized carbons (Fsp3) is 0.250. The van der Waals surface area contributed by atoms with Gasteiger partial charge in [0.05, 0.1) is 18.8 Å². The van der Waals surface area contributed by atoms with Gasteiger partial charge in [-0.1, -0.05) is 41.1 Å². The first kappa shape index (κ1) is 17.8. The van der Waals surface area contributed by atoms with Crippen molar-refractivity contribution >= 4 is 11.6 Å². The number of amides is 1. The number of carbonyl (C=O) groups excluding carboxylic acids is 1. The van der Waals surface area contributed by atoms with E-state index in [1.807, 2.05) is 63.2 Å². The summed E-state index contributed by atoms with van der Waals surface area (Å²) in [6.07, 6.45) is 0.821. The topological polar surface area (TPSA) is 80.0 Å². The van der Waals surface area contributed by atoms with Crippen molar-refractivity contribution < 1.29 is 9.90 Å². The van der Waals surface area contributed by atoms with Crippen LogP contribution in [0.1, 0.15) is 38.8 Å². The Bertz CT molecular complexity index is 916. The average molecular weight is 350 g/mol. The number of anilines is 1. The van der Waals surface area contributed by atoms with Gasteiger partial charge in [-0.2, -0.15) is 0 Å². The van der Waals surface area contributed by atoms with E-state index in [0.717, 1.165) is 16.7 Å². The van der Waals surface area contributed by atoms with Crippen LogP contribution in [-0.4, -0.2) is 26.0 Å². The molecule has 3 rings (SSSR count). The zero-order chi connectivity index (χ0) is 18.7. The van der Waals surface area contributed by atoms with Crippen molar-refractivity contribution in [2.24, 2.45) is 0 Å². The number of nitrogens with zero attached hydrogens (tertiary/aromatic N) is 3. The molecular weight excluding hydrogens is 328 g/mol. The number of benzene rings is 2. The Hall–Kier alpha value is -2.99. The number of aliphatic hydroxyl groups is 1. The van der Waals surface area contributed by atoms with E-state index in [1.54, 1.807) is 0 Å². The van der Waals surface area contributed by atoms with Crippen LogP contribution in [0.5, 0.6) is 0 Å². The Balaban J connectivity index is 1.65. The third-order valence-electron chi connectivity index (χ3n) is 4.36. The maximum absolute atomic E-state index is 12.3. The van der Waals surface area contributed by atoms with Gasteiger partial charge in [-0.25, -0.2) is 4.68 Å². The third-order valence-corrected chi connectivity index (χ3v) is 4.36. The first-order chi connectivity index (χ1) is 12.4. The molecule has 6 nitrogen and oxygen atoms in total. The third kappa shape index (κ3) is 4.15. The lowest BCUT2D eigenvalue weighted by Crippen LogP contribution is -2.13. The number of aliphatic hydroxyl groups excluding tert-OH is 1. The van der Waals surface area contributed by atoms with Crippen molar-refractivity contribution in [1.82, 2.24) is 15.0 Å². The number of aryl methyl sites for hydroxylation is 3. The fourth-order valence-corrected chi connectivity index (χ4v) is 2.58. The molecule has 1 amide bonds.